The van der Waals surface area contributed by atoms with Gasteiger partial charge in [-0.1, -0.05) is 29.8 Å². The Hall–Kier alpha value is -1.58. The van der Waals surface area contributed by atoms with Crippen LogP contribution in [-0.2, 0) is 13.2 Å². The summed E-state index contributed by atoms with van der Waals surface area (Å²) in [6.45, 7) is 0.678. The summed E-state index contributed by atoms with van der Waals surface area (Å²) in [4.78, 5) is 6.11. The van der Waals surface area contributed by atoms with Crippen molar-refractivity contribution >= 4 is 17.3 Å². The quantitative estimate of drug-likeness (QED) is 0.921. The van der Waals surface area contributed by atoms with Crippen LogP contribution in [0.2, 0.25) is 5.02 Å². The maximum absolute atomic E-state index is 9.36. The lowest BCUT2D eigenvalue weighted by atomic mass is 10.1. The number of pyridine rings is 1. The minimum atomic E-state index is -0.0206. The maximum Gasteiger partial charge on any atom is 0.0702 e. The van der Waals surface area contributed by atoms with E-state index in [1.54, 1.807) is 6.20 Å². The number of nitrogens with zero attached hydrogens (tertiary/aromatic N) is 2. The zero-order valence-corrected chi connectivity index (χ0v) is 10.9. The summed E-state index contributed by atoms with van der Waals surface area (Å²) in [6, 6.07) is 9.47. The molecule has 0 bridgehead atoms. The molecule has 4 heteroatoms. The summed E-state index contributed by atoms with van der Waals surface area (Å²) in [6.07, 6.45) is 3.57. The summed E-state index contributed by atoms with van der Waals surface area (Å²) in [5.41, 5.74) is 2.79. The van der Waals surface area contributed by atoms with Gasteiger partial charge in [-0.3, -0.25) is 4.98 Å². The minimum Gasteiger partial charge on any atom is -0.392 e. The van der Waals surface area contributed by atoms with Gasteiger partial charge in [0.2, 0.25) is 0 Å². The molecular formula is C14H15ClN2O. The predicted molar refractivity (Wildman–Crippen MR) is 73.7 cm³/mol. The van der Waals surface area contributed by atoms with Crippen LogP contribution in [0.4, 0.5) is 5.69 Å². The van der Waals surface area contributed by atoms with Crippen molar-refractivity contribution in [1.82, 2.24) is 4.98 Å². The van der Waals surface area contributed by atoms with E-state index in [9.17, 15) is 5.11 Å². The van der Waals surface area contributed by atoms with Crippen LogP contribution < -0.4 is 4.90 Å². The second kappa shape index (κ2) is 5.85. The van der Waals surface area contributed by atoms with Crippen molar-refractivity contribution in [1.29, 1.82) is 0 Å². The lowest BCUT2D eigenvalue weighted by Crippen LogP contribution is -2.18. The van der Waals surface area contributed by atoms with E-state index in [0.29, 0.717) is 11.6 Å². The first-order chi connectivity index (χ1) is 8.72. The fourth-order valence-electron chi connectivity index (χ4n) is 1.96. The lowest BCUT2D eigenvalue weighted by molar-refractivity contribution is 0.282. The first-order valence-electron chi connectivity index (χ1n) is 5.70. The Balaban J connectivity index is 2.26. The molecule has 94 valence electrons. The van der Waals surface area contributed by atoms with Crippen LogP contribution >= 0.6 is 11.6 Å². The number of aliphatic hydroxyl groups excluding tert-OH is 1. The number of para-hydroxylation sites is 1. The highest BCUT2D eigenvalue weighted by Gasteiger charge is 2.11. The van der Waals surface area contributed by atoms with Crippen LogP contribution in [0.5, 0.6) is 0 Å². The van der Waals surface area contributed by atoms with E-state index < -0.39 is 0 Å². The summed E-state index contributed by atoms with van der Waals surface area (Å²) >= 11 is 6.20. The molecule has 3 nitrogen and oxygen atoms in total. The molecule has 1 heterocycles. The van der Waals surface area contributed by atoms with E-state index >= 15 is 0 Å². The van der Waals surface area contributed by atoms with Crippen molar-refractivity contribution in [2.24, 2.45) is 0 Å². The van der Waals surface area contributed by atoms with Gasteiger partial charge in [-0.05, 0) is 17.7 Å². The number of hydrogen-bond donors (Lipinski definition) is 1. The molecule has 0 unspecified atom stereocenters. The molecule has 0 saturated carbocycles. The van der Waals surface area contributed by atoms with Crippen LogP contribution in [0, 0.1) is 0 Å². The molecule has 0 aliphatic rings. The van der Waals surface area contributed by atoms with Gasteiger partial charge < -0.3 is 10.0 Å². The van der Waals surface area contributed by atoms with Gasteiger partial charge in [0.05, 0.1) is 17.3 Å². The molecule has 0 saturated heterocycles. The number of aromatic nitrogens is 1. The first kappa shape index (κ1) is 12.9. The van der Waals surface area contributed by atoms with Crippen LogP contribution in [-0.4, -0.2) is 17.1 Å². The fraction of sp³-hybridized carbons (Fsp3) is 0.214. The molecule has 18 heavy (non-hydrogen) atoms. The topological polar surface area (TPSA) is 36.4 Å². The van der Waals surface area contributed by atoms with E-state index in [4.69, 9.17) is 11.6 Å². The van der Waals surface area contributed by atoms with Gasteiger partial charge in [-0.15, -0.1) is 0 Å². The van der Waals surface area contributed by atoms with Crippen molar-refractivity contribution < 1.29 is 5.11 Å². The molecule has 0 fully saturated rings. The van der Waals surface area contributed by atoms with E-state index in [2.05, 4.69) is 4.98 Å². The first-order valence-corrected chi connectivity index (χ1v) is 6.08. The lowest BCUT2D eigenvalue weighted by Gasteiger charge is -2.23. The van der Waals surface area contributed by atoms with Crippen LogP contribution in [0.25, 0.3) is 0 Å². The van der Waals surface area contributed by atoms with Crippen molar-refractivity contribution in [3.8, 4) is 0 Å². The minimum absolute atomic E-state index is 0.0206. The second-order valence-electron chi connectivity index (χ2n) is 4.12. The molecule has 0 radical (unpaired) electrons. The number of benzene rings is 1. The number of aliphatic hydroxyl groups is 1. The highest BCUT2D eigenvalue weighted by molar-refractivity contribution is 6.33. The van der Waals surface area contributed by atoms with Crippen LogP contribution in [0.15, 0.2) is 42.7 Å². The summed E-state index contributed by atoms with van der Waals surface area (Å²) in [5.74, 6) is 0. The molecule has 0 spiro atoms. The molecular weight excluding hydrogens is 248 g/mol. The van der Waals surface area contributed by atoms with Gasteiger partial charge in [-0.25, -0.2) is 0 Å². The molecule has 0 aliphatic carbocycles. The smallest absolute Gasteiger partial charge is 0.0702 e. The average Bonchev–Trinajstić information content (AvgIpc) is 2.39. The summed E-state index contributed by atoms with van der Waals surface area (Å²) in [7, 11) is 1.95. The van der Waals surface area contributed by atoms with Gasteiger partial charge in [0, 0.05) is 31.5 Å². The number of hydrogen-bond acceptors (Lipinski definition) is 3. The molecule has 1 aromatic heterocycles. The summed E-state index contributed by atoms with van der Waals surface area (Å²) in [5, 5.41) is 10.0. The number of halogens is 1. The Bertz CT molecular complexity index is 516. The van der Waals surface area contributed by atoms with Crippen molar-refractivity contribution in [3.63, 3.8) is 0 Å². The van der Waals surface area contributed by atoms with Gasteiger partial charge in [-0.2, -0.15) is 0 Å². The Kier molecular flexibility index (Phi) is 4.18. The van der Waals surface area contributed by atoms with Crippen LogP contribution in [0.3, 0.4) is 0 Å². The highest BCUT2D eigenvalue weighted by Crippen LogP contribution is 2.30. The maximum atomic E-state index is 9.36. The van der Waals surface area contributed by atoms with E-state index in [1.165, 1.54) is 0 Å². The molecule has 2 aromatic rings. The van der Waals surface area contributed by atoms with Gasteiger partial charge in [0.25, 0.3) is 0 Å². The van der Waals surface area contributed by atoms with E-state index in [1.807, 2.05) is 48.5 Å². The zero-order valence-electron chi connectivity index (χ0n) is 10.2. The third kappa shape index (κ3) is 2.81. The number of anilines is 1. The van der Waals surface area contributed by atoms with E-state index in [-0.39, 0.29) is 6.61 Å². The molecule has 0 amide bonds. The monoisotopic (exact) mass is 262 g/mol. The van der Waals surface area contributed by atoms with E-state index in [0.717, 1.165) is 16.8 Å². The zero-order chi connectivity index (χ0) is 13.0. The Morgan fingerprint density at radius 2 is 2.11 bits per heavy atom. The number of rotatable bonds is 4. The van der Waals surface area contributed by atoms with Gasteiger partial charge >= 0.3 is 0 Å². The van der Waals surface area contributed by atoms with Gasteiger partial charge in [0.1, 0.15) is 0 Å². The molecule has 0 atom stereocenters. The Labute approximate surface area is 112 Å². The molecule has 1 aromatic carbocycles. The summed E-state index contributed by atoms with van der Waals surface area (Å²) < 4.78 is 0. The largest absolute Gasteiger partial charge is 0.392 e. The SMILES string of the molecule is CN(Cc1cccnc1)c1c(Cl)cccc1CO. The molecule has 2 rings (SSSR count). The molecule has 1 N–H and O–H groups in total. The predicted octanol–water partition coefficient (Wildman–Crippen LogP) is 2.86. The Morgan fingerprint density at radius 3 is 2.78 bits per heavy atom. The van der Waals surface area contributed by atoms with Crippen molar-refractivity contribution in [2.75, 3.05) is 11.9 Å². The average molecular weight is 263 g/mol. The Morgan fingerprint density at radius 1 is 1.28 bits per heavy atom. The molecule has 0 aliphatic heterocycles. The second-order valence-corrected chi connectivity index (χ2v) is 4.53. The third-order valence-corrected chi connectivity index (χ3v) is 3.07. The van der Waals surface area contributed by atoms with Crippen LogP contribution in [0.1, 0.15) is 11.1 Å². The third-order valence-electron chi connectivity index (χ3n) is 2.76. The standard InChI is InChI=1S/C14H15ClN2O/c1-17(9-11-4-3-7-16-8-11)14-12(10-18)5-2-6-13(14)15/h2-8,18H,9-10H2,1H3. The van der Waals surface area contributed by atoms with Gasteiger partial charge in [0.15, 0.2) is 0 Å². The fourth-order valence-corrected chi connectivity index (χ4v) is 2.30. The van der Waals surface area contributed by atoms with Crippen molar-refractivity contribution in [2.45, 2.75) is 13.2 Å². The normalized spacial score (nSPS) is 10.4. The van der Waals surface area contributed by atoms with Crippen molar-refractivity contribution in [3.05, 3.63) is 58.9 Å². The highest BCUT2D eigenvalue weighted by atomic mass is 35.5.